The van der Waals surface area contributed by atoms with E-state index >= 15 is 0 Å². The maximum absolute atomic E-state index is 6.33. The van der Waals surface area contributed by atoms with Gasteiger partial charge in [-0.25, -0.2) is 4.98 Å². The molecule has 1 aromatic heterocycles. The number of anilines is 1. The topological polar surface area (TPSA) is 58.5 Å². The normalized spacial score (nSPS) is 18.9. The molecule has 1 unspecified atom stereocenters. The summed E-state index contributed by atoms with van der Waals surface area (Å²) in [5.74, 6) is 1.24. The summed E-state index contributed by atoms with van der Waals surface area (Å²) in [5.41, 5.74) is 6.20. The Morgan fingerprint density at radius 2 is 2.13 bits per heavy atom. The lowest BCUT2D eigenvalue weighted by Gasteiger charge is -2.13. The van der Waals surface area contributed by atoms with Crippen LogP contribution < -0.4 is 10.7 Å². The molecule has 0 saturated carbocycles. The molecule has 118 valence electrons. The van der Waals surface area contributed by atoms with Gasteiger partial charge in [-0.2, -0.15) is 0 Å². The van der Waals surface area contributed by atoms with Crippen molar-refractivity contribution in [1.29, 1.82) is 0 Å². The van der Waals surface area contributed by atoms with Gasteiger partial charge in [0.25, 0.3) is 0 Å². The average Bonchev–Trinajstić information content (AvgIpc) is 3.16. The summed E-state index contributed by atoms with van der Waals surface area (Å²) in [6, 6.07) is 8.59. The van der Waals surface area contributed by atoms with Gasteiger partial charge in [-0.15, -0.1) is 5.10 Å². The first-order valence-electron chi connectivity index (χ1n) is 7.32. The highest BCUT2D eigenvalue weighted by Gasteiger charge is 2.22. The van der Waals surface area contributed by atoms with Gasteiger partial charge in [0.1, 0.15) is 5.82 Å². The third-order valence-electron chi connectivity index (χ3n) is 3.99. The molecule has 0 saturated heterocycles. The molecule has 2 aromatic rings. The Kier molecular flexibility index (Phi) is 3.87. The Hall–Kier alpha value is -1.79. The lowest BCUT2D eigenvalue weighted by Crippen LogP contribution is -2.20. The number of hydrazone groups is 1. The fourth-order valence-corrected chi connectivity index (χ4v) is 3.58. The summed E-state index contributed by atoms with van der Waals surface area (Å²) in [6.07, 6.45) is 3.66. The number of aromatic nitrogens is 1. The standard InChI is InChI=1S/C16H14BrClN4O/c17-11-2-1-9-4-12(5-10(9)3-11)21-15-6-14(18)13(7-19-15)16-22-20-8-23-16/h1-3,6-7,12,20H,4-5,8H2,(H,19,21). The molecule has 0 fully saturated rings. The van der Waals surface area contributed by atoms with E-state index in [1.165, 1.54) is 11.1 Å². The minimum Gasteiger partial charge on any atom is -0.453 e. The molecule has 2 aliphatic rings. The number of ether oxygens (including phenoxy) is 1. The fraction of sp³-hybridized carbons (Fsp3) is 0.250. The largest absolute Gasteiger partial charge is 0.453 e. The van der Waals surface area contributed by atoms with Crippen LogP contribution in [0.3, 0.4) is 0 Å². The van der Waals surface area contributed by atoms with Gasteiger partial charge >= 0.3 is 0 Å². The number of hydrogen-bond acceptors (Lipinski definition) is 5. The second kappa shape index (κ2) is 6.02. The number of benzene rings is 1. The lowest BCUT2D eigenvalue weighted by molar-refractivity contribution is 0.316. The average molecular weight is 394 g/mol. The molecule has 2 N–H and O–H groups in total. The monoisotopic (exact) mass is 392 g/mol. The van der Waals surface area contributed by atoms with Gasteiger partial charge in [0, 0.05) is 16.7 Å². The smallest absolute Gasteiger partial charge is 0.242 e. The van der Waals surface area contributed by atoms with E-state index < -0.39 is 0 Å². The number of hydrogen-bond donors (Lipinski definition) is 2. The third kappa shape index (κ3) is 3.01. The minimum absolute atomic E-state index is 0.329. The van der Waals surface area contributed by atoms with E-state index in [-0.39, 0.29) is 0 Å². The molecule has 1 aromatic carbocycles. The van der Waals surface area contributed by atoms with Gasteiger partial charge in [-0.05, 0) is 42.2 Å². The van der Waals surface area contributed by atoms with Gasteiger partial charge in [0.15, 0.2) is 6.73 Å². The number of rotatable bonds is 3. The van der Waals surface area contributed by atoms with Crippen LogP contribution in [-0.2, 0) is 17.6 Å². The predicted molar refractivity (Wildman–Crippen MR) is 93.8 cm³/mol. The van der Waals surface area contributed by atoms with E-state index in [0.717, 1.165) is 23.1 Å². The molecule has 0 spiro atoms. The highest BCUT2D eigenvalue weighted by Crippen LogP contribution is 2.28. The van der Waals surface area contributed by atoms with E-state index in [1.807, 2.05) is 6.07 Å². The Morgan fingerprint density at radius 3 is 2.91 bits per heavy atom. The number of nitrogens with one attached hydrogen (secondary N) is 2. The number of fused-ring (bicyclic) bond motifs is 1. The van der Waals surface area contributed by atoms with Crippen LogP contribution in [0.25, 0.3) is 0 Å². The maximum atomic E-state index is 6.33. The predicted octanol–water partition coefficient (Wildman–Crippen LogP) is 3.32. The zero-order valence-corrected chi connectivity index (χ0v) is 14.5. The van der Waals surface area contributed by atoms with E-state index in [1.54, 1.807) is 6.20 Å². The van der Waals surface area contributed by atoms with Crippen LogP contribution in [0.1, 0.15) is 16.7 Å². The molecule has 0 radical (unpaired) electrons. The first-order valence-corrected chi connectivity index (χ1v) is 8.49. The highest BCUT2D eigenvalue weighted by molar-refractivity contribution is 9.10. The number of nitrogens with zero attached hydrogens (tertiary/aromatic N) is 2. The molecule has 1 aliphatic carbocycles. The molecule has 1 aliphatic heterocycles. The lowest BCUT2D eigenvalue weighted by atomic mass is 10.1. The molecule has 4 rings (SSSR count). The Morgan fingerprint density at radius 1 is 1.26 bits per heavy atom. The SMILES string of the molecule is Clc1cc(NC2Cc3ccc(Br)cc3C2)ncc1C1=NNCO1. The first kappa shape index (κ1) is 14.8. The van der Waals surface area contributed by atoms with Crippen molar-refractivity contribution in [3.63, 3.8) is 0 Å². The number of halogens is 2. The van der Waals surface area contributed by atoms with Crippen molar-refractivity contribution >= 4 is 39.2 Å². The van der Waals surface area contributed by atoms with Gasteiger partial charge < -0.3 is 10.1 Å². The number of pyridine rings is 1. The van der Waals surface area contributed by atoms with Crippen molar-refractivity contribution in [3.05, 3.63) is 56.6 Å². The van der Waals surface area contributed by atoms with Gasteiger partial charge in [-0.1, -0.05) is 33.6 Å². The summed E-state index contributed by atoms with van der Waals surface area (Å²) < 4.78 is 6.46. The summed E-state index contributed by atoms with van der Waals surface area (Å²) in [7, 11) is 0. The van der Waals surface area contributed by atoms with Gasteiger partial charge in [-0.3, -0.25) is 5.43 Å². The van der Waals surface area contributed by atoms with E-state index in [9.17, 15) is 0 Å². The zero-order chi connectivity index (χ0) is 15.8. The molecule has 2 heterocycles. The molecule has 23 heavy (non-hydrogen) atoms. The summed E-state index contributed by atoms with van der Waals surface area (Å²) in [5, 5.41) is 8.06. The molecule has 5 nitrogen and oxygen atoms in total. The Balaban J connectivity index is 1.49. The minimum atomic E-state index is 0.329. The van der Waals surface area contributed by atoms with Crippen LogP contribution >= 0.6 is 27.5 Å². The van der Waals surface area contributed by atoms with Crippen LogP contribution in [-0.4, -0.2) is 23.7 Å². The molecule has 7 heteroatoms. The quantitative estimate of drug-likeness (QED) is 0.840. The van der Waals surface area contributed by atoms with Crippen LogP contribution in [0, 0.1) is 0 Å². The fourth-order valence-electron chi connectivity index (χ4n) is 2.94. The van der Waals surface area contributed by atoms with E-state index in [4.69, 9.17) is 16.3 Å². The van der Waals surface area contributed by atoms with Gasteiger partial charge in [0.05, 0.1) is 10.6 Å². The van der Waals surface area contributed by atoms with Crippen molar-refractivity contribution < 1.29 is 4.74 Å². The van der Waals surface area contributed by atoms with Gasteiger partial charge in [0.2, 0.25) is 5.90 Å². The Bertz CT molecular complexity index is 796. The van der Waals surface area contributed by atoms with Crippen LogP contribution in [0.2, 0.25) is 5.02 Å². The summed E-state index contributed by atoms with van der Waals surface area (Å²) >= 11 is 9.85. The van der Waals surface area contributed by atoms with Crippen LogP contribution in [0.15, 0.2) is 40.0 Å². The zero-order valence-electron chi connectivity index (χ0n) is 12.1. The maximum Gasteiger partial charge on any atom is 0.242 e. The van der Waals surface area contributed by atoms with E-state index in [2.05, 4.69) is 55.0 Å². The van der Waals surface area contributed by atoms with Crippen LogP contribution in [0.4, 0.5) is 5.82 Å². The molecule has 0 amide bonds. The summed E-state index contributed by atoms with van der Waals surface area (Å²) in [6.45, 7) is 0.363. The molecule has 1 atom stereocenters. The second-order valence-corrected chi connectivity index (χ2v) is 6.90. The van der Waals surface area contributed by atoms with Crippen molar-refractivity contribution in [1.82, 2.24) is 10.4 Å². The molecule has 0 bridgehead atoms. The van der Waals surface area contributed by atoms with Crippen molar-refractivity contribution in [2.45, 2.75) is 18.9 Å². The summed E-state index contributed by atoms with van der Waals surface area (Å²) in [4.78, 5) is 4.43. The van der Waals surface area contributed by atoms with Crippen molar-refractivity contribution in [3.8, 4) is 0 Å². The molecular formula is C16H14BrClN4O. The van der Waals surface area contributed by atoms with Crippen LogP contribution in [0.5, 0.6) is 0 Å². The second-order valence-electron chi connectivity index (χ2n) is 5.58. The molecular weight excluding hydrogens is 380 g/mol. The van der Waals surface area contributed by atoms with E-state index in [0.29, 0.717) is 29.3 Å². The third-order valence-corrected chi connectivity index (χ3v) is 4.80. The van der Waals surface area contributed by atoms with Crippen molar-refractivity contribution in [2.24, 2.45) is 5.10 Å². The first-order chi connectivity index (χ1) is 11.2. The Labute approximate surface area is 147 Å². The highest BCUT2D eigenvalue weighted by atomic mass is 79.9. The van der Waals surface area contributed by atoms with Crippen molar-refractivity contribution in [2.75, 3.05) is 12.0 Å².